The van der Waals surface area contributed by atoms with Crippen LogP contribution in [0.15, 0.2) is 65.7 Å². The largest absolute Gasteiger partial charge is 0.336 e. The highest BCUT2D eigenvalue weighted by molar-refractivity contribution is 9.10. The molecule has 2 N–H and O–H groups in total. The molecule has 5 rings (SSSR count). The van der Waals surface area contributed by atoms with Gasteiger partial charge in [0.2, 0.25) is 11.9 Å². The highest BCUT2D eigenvalue weighted by Gasteiger charge is 2.19. The van der Waals surface area contributed by atoms with Gasteiger partial charge in [-0.2, -0.15) is 4.98 Å². The molecule has 0 aliphatic carbocycles. The molecule has 0 saturated heterocycles. The van der Waals surface area contributed by atoms with Crippen molar-refractivity contribution in [1.82, 2.24) is 24.5 Å². The third-order valence-corrected chi connectivity index (χ3v) is 5.92. The Bertz CT molecular complexity index is 1320. The molecule has 0 unspecified atom stereocenters. The molecule has 10 heteroatoms. The van der Waals surface area contributed by atoms with E-state index in [9.17, 15) is 4.79 Å². The summed E-state index contributed by atoms with van der Waals surface area (Å²) in [5.74, 6) is 1.12. The maximum absolute atomic E-state index is 12.4. The third kappa shape index (κ3) is 4.70. The van der Waals surface area contributed by atoms with Crippen LogP contribution in [0, 0.1) is 0 Å². The molecule has 0 fully saturated rings. The molecular formula is C23H21BrN8O. The van der Waals surface area contributed by atoms with Crippen molar-refractivity contribution in [1.29, 1.82) is 0 Å². The zero-order valence-electron chi connectivity index (χ0n) is 17.9. The van der Waals surface area contributed by atoms with E-state index in [0.717, 1.165) is 29.7 Å². The van der Waals surface area contributed by atoms with Crippen molar-refractivity contribution in [3.8, 4) is 0 Å². The Labute approximate surface area is 199 Å². The van der Waals surface area contributed by atoms with Gasteiger partial charge in [-0.15, -0.1) is 0 Å². The van der Waals surface area contributed by atoms with Crippen molar-refractivity contribution in [3.63, 3.8) is 0 Å². The molecular weight excluding hydrogens is 484 g/mol. The Morgan fingerprint density at radius 2 is 1.94 bits per heavy atom. The zero-order chi connectivity index (χ0) is 22.8. The highest BCUT2D eigenvalue weighted by Crippen LogP contribution is 2.26. The van der Waals surface area contributed by atoms with E-state index in [1.165, 1.54) is 17.5 Å². The second-order valence-corrected chi connectivity index (χ2v) is 8.63. The van der Waals surface area contributed by atoms with Crippen molar-refractivity contribution >= 4 is 45.1 Å². The number of rotatable bonds is 5. The van der Waals surface area contributed by atoms with Gasteiger partial charge in [-0.1, -0.05) is 28.1 Å². The predicted molar refractivity (Wildman–Crippen MR) is 130 cm³/mol. The fraction of sp³-hybridized carbons (Fsp3) is 0.174. The number of nitrogens with one attached hydrogen (secondary N) is 2. The predicted octanol–water partition coefficient (Wildman–Crippen LogP) is 3.93. The lowest BCUT2D eigenvalue weighted by atomic mass is 10.0. The first-order valence-corrected chi connectivity index (χ1v) is 11.2. The molecule has 9 nitrogen and oxygen atoms in total. The van der Waals surface area contributed by atoms with E-state index in [0.29, 0.717) is 23.4 Å². The standard InChI is InChI=1S/C23H21BrN8O/c1-31-10-8-25-20(31)21(33)28-18-3-2-4-19(12-18)29-22-26-14-27-23(30-22)32-9-7-15-11-17(24)6-5-16(15)13-32/h2-6,8,10-12,14H,7,9,13H2,1H3,(H,28,33)(H,26,27,29,30). The number of aryl methyl sites for hydroxylation is 1. The summed E-state index contributed by atoms with van der Waals surface area (Å²) >= 11 is 3.54. The number of carbonyl (C=O) groups is 1. The summed E-state index contributed by atoms with van der Waals surface area (Å²) in [6.45, 7) is 1.59. The normalized spacial score (nSPS) is 12.8. The van der Waals surface area contributed by atoms with Crippen molar-refractivity contribution < 1.29 is 4.79 Å². The number of imidazole rings is 1. The van der Waals surface area contributed by atoms with Crippen LogP contribution in [-0.4, -0.2) is 37.0 Å². The summed E-state index contributed by atoms with van der Waals surface area (Å²) in [5.41, 5.74) is 4.01. The van der Waals surface area contributed by atoms with Crippen LogP contribution >= 0.6 is 15.9 Å². The summed E-state index contributed by atoms with van der Waals surface area (Å²) in [7, 11) is 1.78. The van der Waals surface area contributed by atoms with Crippen molar-refractivity contribution in [2.24, 2.45) is 7.05 Å². The van der Waals surface area contributed by atoms with Gasteiger partial charge >= 0.3 is 0 Å². The summed E-state index contributed by atoms with van der Waals surface area (Å²) in [6.07, 6.45) is 5.76. The first-order chi connectivity index (χ1) is 16.0. The number of carbonyl (C=O) groups excluding carboxylic acids is 1. The second kappa shape index (κ2) is 8.99. The molecule has 1 aliphatic heterocycles. The van der Waals surface area contributed by atoms with Crippen molar-refractivity contribution in [3.05, 3.63) is 82.6 Å². The van der Waals surface area contributed by atoms with E-state index in [4.69, 9.17) is 0 Å². The Hall–Kier alpha value is -3.79. The number of anilines is 4. The molecule has 2 aromatic carbocycles. The molecule has 0 saturated carbocycles. The van der Waals surface area contributed by atoms with Crippen LogP contribution in [-0.2, 0) is 20.0 Å². The number of hydrogen-bond donors (Lipinski definition) is 2. The highest BCUT2D eigenvalue weighted by atomic mass is 79.9. The van der Waals surface area contributed by atoms with E-state index in [1.54, 1.807) is 24.0 Å². The smallest absolute Gasteiger partial charge is 0.291 e. The number of amides is 1. The minimum Gasteiger partial charge on any atom is -0.336 e. The van der Waals surface area contributed by atoms with Crippen molar-refractivity contribution in [2.75, 3.05) is 22.1 Å². The molecule has 166 valence electrons. The van der Waals surface area contributed by atoms with Crippen LogP contribution in [0.5, 0.6) is 0 Å². The van der Waals surface area contributed by atoms with Crippen LogP contribution in [0.1, 0.15) is 21.7 Å². The minimum atomic E-state index is -0.278. The first kappa shape index (κ1) is 21.1. The van der Waals surface area contributed by atoms with Gasteiger partial charge < -0.3 is 20.1 Å². The fourth-order valence-electron chi connectivity index (χ4n) is 3.77. The van der Waals surface area contributed by atoms with Gasteiger partial charge in [0.1, 0.15) is 6.33 Å². The molecule has 33 heavy (non-hydrogen) atoms. The number of aromatic nitrogens is 5. The Kier molecular flexibility index (Phi) is 5.74. The molecule has 3 heterocycles. The van der Waals surface area contributed by atoms with Gasteiger partial charge in [0, 0.05) is 48.4 Å². The van der Waals surface area contributed by atoms with E-state index in [1.807, 2.05) is 24.3 Å². The third-order valence-electron chi connectivity index (χ3n) is 5.42. The maximum atomic E-state index is 12.4. The molecule has 1 amide bonds. The summed E-state index contributed by atoms with van der Waals surface area (Å²) in [5, 5.41) is 6.06. The Morgan fingerprint density at radius 3 is 2.79 bits per heavy atom. The maximum Gasteiger partial charge on any atom is 0.291 e. The van der Waals surface area contributed by atoms with Crippen LogP contribution in [0.25, 0.3) is 0 Å². The number of hydrogen-bond acceptors (Lipinski definition) is 7. The van der Waals surface area contributed by atoms with E-state index < -0.39 is 0 Å². The van der Waals surface area contributed by atoms with Crippen molar-refractivity contribution in [2.45, 2.75) is 13.0 Å². The van der Waals surface area contributed by atoms with Crippen LogP contribution in [0.4, 0.5) is 23.3 Å². The first-order valence-electron chi connectivity index (χ1n) is 10.4. The van der Waals surface area contributed by atoms with E-state index in [2.05, 4.69) is 69.6 Å². The SMILES string of the molecule is Cn1ccnc1C(=O)Nc1cccc(Nc2ncnc(N3CCc4cc(Br)ccc4C3)n2)c1. The monoisotopic (exact) mass is 504 g/mol. The van der Waals surface area contributed by atoms with Crippen LogP contribution in [0.2, 0.25) is 0 Å². The quantitative estimate of drug-likeness (QED) is 0.424. The number of nitrogens with zero attached hydrogens (tertiary/aromatic N) is 6. The molecule has 4 aromatic rings. The summed E-state index contributed by atoms with van der Waals surface area (Å²) in [6, 6.07) is 13.7. The van der Waals surface area contributed by atoms with Crippen LogP contribution < -0.4 is 15.5 Å². The average molecular weight is 505 g/mol. The molecule has 0 atom stereocenters. The van der Waals surface area contributed by atoms with Gasteiger partial charge in [0.15, 0.2) is 5.82 Å². The lowest BCUT2D eigenvalue weighted by molar-refractivity contribution is 0.101. The van der Waals surface area contributed by atoms with E-state index >= 15 is 0 Å². The molecule has 1 aliphatic rings. The zero-order valence-corrected chi connectivity index (χ0v) is 19.5. The van der Waals surface area contributed by atoms with Crippen LogP contribution in [0.3, 0.4) is 0 Å². The second-order valence-electron chi connectivity index (χ2n) is 7.72. The Balaban J connectivity index is 1.29. The lowest BCUT2D eigenvalue weighted by Gasteiger charge is -2.29. The van der Waals surface area contributed by atoms with Gasteiger partial charge in [-0.3, -0.25) is 4.79 Å². The van der Waals surface area contributed by atoms with Gasteiger partial charge in [0.25, 0.3) is 5.91 Å². The fourth-order valence-corrected chi connectivity index (χ4v) is 4.18. The number of benzene rings is 2. The summed E-state index contributed by atoms with van der Waals surface area (Å²) in [4.78, 5) is 31.9. The minimum absolute atomic E-state index is 0.278. The molecule has 0 spiro atoms. The van der Waals surface area contributed by atoms with Gasteiger partial charge in [0.05, 0.1) is 0 Å². The average Bonchev–Trinajstić information content (AvgIpc) is 3.25. The topological polar surface area (TPSA) is 101 Å². The number of halogens is 1. The van der Waals surface area contributed by atoms with Gasteiger partial charge in [-0.25, -0.2) is 15.0 Å². The molecule has 0 bridgehead atoms. The Morgan fingerprint density at radius 1 is 1.06 bits per heavy atom. The molecule has 0 radical (unpaired) electrons. The lowest BCUT2D eigenvalue weighted by Crippen LogP contribution is -2.32. The molecule has 2 aromatic heterocycles. The summed E-state index contributed by atoms with van der Waals surface area (Å²) < 4.78 is 2.77. The van der Waals surface area contributed by atoms with Gasteiger partial charge in [-0.05, 0) is 47.9 Å². The van der Waals surface area contributed by atoms with E-state index in [-0.39, 0.29) is 5.91 Å². The number of fused-ring (bicyclic) bond motifs is 1.